The molecule has 132 valence electrons. The highest BCUT2D eigenvalue weighted by molar-refractivity contribution is 7.88. The first-order valence-corrected chi connectivity index (χ1v) is 10.4. The first kappa shape index (κ1) is 16.6. The number of nitrogens with zero attached hydrogens (tertiary/aromatic N) is 2. The second-order valence-corrected chi connectivity index (χ2v) is 8.73. The van der Waals surface area contributed by atoms with E-state index >= 15 is 0 Å². The second kappa shape index (κ2) is 6.12. The first-order chi connectivity index (χ1) is 12.0. The van der Waals surface area contributed by atoms with Crippen molar-refractivity contribution in [2.45, 2.75) is 31.5 Å². The van der Waals surface area contributed by atoms with Crippen LogP contribution in [0, 0.1) is 0 Å². The van der Waals surface area contributed by atoms with E-state index in [2.05, 4.69) is 16.7 Å². The number of hydrogen-bond donors (Lipinski definition) is 1. The maximum Gasteiger partial charge on any atom is 0.211 e. The highest BCUT2D eigenvalue weighted by Gasteiger charge is 2.36. The van der Waals surface area contributed by atoms with Crippen LogP contribution in [-0.4, -0.2) is 47.3 Å². The van der Waals surface area contributed by atoms with Gasteiger partial charge in [-0.05, 0) is 25.0 Å². The molecule has 1 saturated heterocycles. The minimum atomic E-state index is -3.30. The molecule has 0 spiro atoms. The van der Waals surface area contributed by atoms with Crippen LogP contribution in [0.3, 0.4) is 0 Å². The lowest BCUT2D eigenvalue weighted by Gasteiger charge is -2.27. The predicted molar refractivity (Wildman–Crippen MR) is 100 cm³/mol. The Morgan fingerprint density at radius 1 is 1.08 bits per heavy atom. The fourth-order valence-corrected chi connectivity index (χ4v) is 5.27. The fraction of sp³-hybridized carbons (Fsp3) is 0.368. The lowest BCUT2D eigenvalue weighted by atomic mass is 10.1. The summed E-state index contributed by atoms with van der Waals surface area (Å²) in [7, 11) is -3.30. The number of aliphatic hydroxyl groups is 1. The van der Waals surface area contributed by atoms with E-state index in [-0.39, 0.29) is 6.04 Å². The van der Waals surface area contributed by atoms with Gasteiger partial charge < -0.3 is 9.67 Å². The Kier molecular flexibility index (Phi) is 4.06. The Bertz CT molecular complexity index is 972. The highest BCUT2D eigenvalue weighted by atomic mass is 32.2. The second-order valence-electron chi connectivity index (χ2n) is 6.80. The number of fused-ring (bicyclic) bond motifs is 3. The van der Waals surface area contributed by atoms with Gasteiger partial charge in [0.2, 0.25) is 10.0 Å². The molecular weight excluding hydrogens is 336 g/mol. The van der Waals surface area contributed by atoms with E-state index in [1.54, 1.807) is 0 Å². The average molecular weight is 358 g/mol. The molecule has 1 fully saturated rings. The molecule has 0 bridgehead atoms. The van der Waals surface area contributed by atoms with Crippen LogP contribution in [0.1, 0.15) is 12.8 Å². The van der Waals surface area contributed by atoms with Crippen LogP contribution < -0.4 is 0 Å². The van der Waals surface area contributed by atoms with Gasteiger partial charge >= 0.3 is 0 Å². The highest BCUT2D eigenvalue weighted by Crippen LogP contribution is 2.30. The number of para-hydroxylation sites is 2. The van der Waals surface area contributed by atoms with Crippen LogP contribution in [0.2, 0.25) is 0 Å². The number of sulfonamides is 1. The summed E-state index contributed by atoms with van der Waals surface area (Å²) in [5.41, 5.74) is 2.12. The van der Waals surface area contributed by atoms with Crippen molar-refractivity contribution < 1.29 is 13.5 Å². The van der Waals surface area contributed by atoms with E-state index < -0.39 is 16.1 Å². The van der Waals surface area contributed by atoms with Gasteiger partial charge in [-0.1, -0.05) is 36.4 Å². The number of rotatable bonds is 4. The quantitative estimate of drug-likeness (QED) is 0.780. The molecule has 2 atom stereocenters. The van der Waals surface area contributed by atoms with Gasteiger partial charge in [0.05, 0.1) is 24.9 Å². The molecule has 2 unspecified atom stereocenters. The molecule has 1 aliphatic rings. The topological polar surface area (TPSA) is 62.5 Å². The number of hydrogen-bond acceptors (Lipinski definition) is 3. The maximum atomic E-state index is 12.0. The van der Waals surface area contributed by atoms with Crippen LogP contribution in [0.25, 0.3) is 21.8 Å². The summed E-state index contributed by atoms with van der Waals surface area (Å²) in [5.74, 6) is 0. The van der Waals surface area contributed by atoms with Gasteiger partial charge in [-0.25, -0.2) is 8.42 Å². The van der Waals surface area contributed by atoms with Crippen molar-refractivity contribution in [2.24, 2.45) is 0 Å². The van der Waals surface area contributed by atoms with Crippen molar-refractivity contribution >= 4 is 31.8 Å². The van der Waals surface area contributed by atoms with Gasteiger partial charge in [0.25, 0.3) is 0 Å². The molecule has 25 heavy (non-hydrogen) atoms. The molecule has 1 aliphatic heterocycles. The molecule has 1 N–H and O–H groups in total. The first-order valence-electron chi connectivity index (χ1n) is 8.57. The Morgan fingerprint density at radius 2 is 1.64 bits per heavy atom. The van der Waals surface area contributed by atoms with E-state index in [4.69, 9.17) is 0 Å². The Labute approximate surface area is 147 Å². The molecule has 2 aromatic carbocycles. The average Bonchev–Trinajstić information content (AvgIpc) is 3.19. The fourth-order valence-electron chi connectivity index (χ4n) is 4.07. The Balaban J connectivity index is 1.75. The molecule has 6 heteroatoms. The zero-order valence-corrected chi connectivity index (χ0v) is 15.0. The van der Waals surface area contributed by atoms with Gasteiger partial charge in [-0.3, -0.25) is 0 Å². The lowest BCUT2D eigenvalue weighted by molar-refractivity contribution is 0.0926. The molecule has 0 saturated carbocycles. The molecule has 0 amide bonds. The summed E-state index contributed by atoms with van der Waals surface area (Å²) in [5, 5.41) is 13.1. The molecule has 4 rings (SSSR count). The maximum absolute atomic E-state index is 12.0. The Morgan fingerprint density at radius 3 is 2.20 bits per heavy atom. The van der Waals surface area contributed by atoms with Crippen molar-refractivity contribution in [3.63, 3.8) is 0 Å². The van der Waals surface area contributed by atoms with E-state index in [1.807, 2.05) is 36.4 Å². The van der Waals surface area contributed by atoms with Crippen molar-refractivity contribution in [1.82, 2.24) is 8.87 Å². The van der Waals surface area contributed by atoms with E-state index in [1.165, 1.54) is 10.6 Å². The van der Waals surface area contributed by atoms with Crippen molar-refractivity contribution in [3.05, 3.63) is 48.5 Å². The van der Waals surface area contributed by atoms with Crippen molar-refractivity contribution in [3.8, 4) is 0 Å². The largest absolute Gasteiger partial charge is 0.390 e. The van der Waals surface area contributed by atoms with Gasteiger partial charge in [0.15, 0.2) is 0 Å². The van der Waals surface area contributed by atoms with E-state index in [0.717, 1.165) is 28.2 Å². The summed E-state index contributed by atoms with van der Waals surface area (Å²) in [6.07, 6.45) is 1.97. The van der Waals surface area contributed by atoms with Gasteiger partial charge in [0.1, 0.15) is 0 Å². The van der Waals surface area contributed by atoms with Crippen molar-refractivity contribution in [2.75, 3.05) is 12.8 Å². The van der Waals surface area contributed by atoms with Crippen LogP contribution >= 0.6 is 0 Å². The van der Waals surface area contributed by atoms with Crippen LogP contribution in [0.4, 0.5) is 0 Å². The predicted octanol–water partition coefficient (Wildman–Crippen LogP) is 2.58. The summed E-state index contributed by atoms with van der Waals surface area (Å²) >= 11 is 0. The lowest BCUT2D eigenvalue weighted by Crippen LogP contribution is -2.43. The Hall–Kier alpha value is -1.89. The number of aromatic nitrogens is 1. The third-order valence-corrected chi connectivity index (χ3v) is 6.47. The minimum Gasteiger partial charge on any atom is -0.390 e. The smallest absolute Gasteiger partial charge is 0.211 e. The molecule has 1 aromatic heterocycles. The monoisotopic (exact) mass is 358 g/mol. The third kappa shape index (κ3) is 2.84. The van der Waals surface area contributed by atoms with Crippen LogP contribution in [0.15, 0.2) is 48.5 Å². The molecule has 0 radical (unpaired) electrons. The minimum absolute atomic E-state index is 0.352. The molecular formula is C19H22N2O3S. The number of benzene rings is 2. The number of aliphatic hydroxyl groups excluding tert-OH is 1. The summed E-state index contributed by atoms with van der Waals surface area (Å²) in [6.45, 7) is 0.873. The third-order valence-electron chi connectivity index (χ3n) is 5.17. The molecule has 2 heterocycles. The molecule has 5 nitrogen and oxygen atoms in total. The standard InChI is InChI=1S/C19H22N2O3S/c1-25(23,24)21-12-6-11-18(21)19(22)13-20-16-9-4-2-7-14(16)15-8-3-5-10-17(15)20/h2-5,7-10,18-19,22H,6,11-13H2,1H3. The van der Waals surface area contributed by atoms with Crippen LogP contribution in [-0.2, 0) is 16.6 Å². The van der Waals surface area contributed by atoms with E-state index in [0.29, 0.717) is 19.5 Å². The van der Waals surface area contributed by atoms with Gasteiger partial charge in [-0.2, -0.15) is 4.31 Å². The molecule has 3 aromatic rings. The zero-order chi connectivity index (χ0) is 17.6. The molecule has 0 aliphatic carbocycles. The summed E-state index contributed by atoms with van der Waals surface area (Å²) < 4.78 is 27.5. The summed E-state index contributed by atoms with van der Waals surface area (Å²) in [6, 6.07) is 15.9. The SMILES string of the molecule is CS(=O)(=O)N1CCCC1C(O)Cn1c2ccccc2c2ccccc21. The van der Waals surface area contributed by atoms with Gasteiger partial charge in [-0.15, -0.1) is 0 Å². The normalized spacial score (nSPS) is 20.5. The van der Waals surface area contributed by atoms with E-state index in [9.17, 15) is 13.5 Å². The van der Waals surface area contributed by atoms with Crippen molar-refractivity contribution in [1.29, 1.82) is 0 Å². The summed E-state index contributed by atoms with van der Waals surface area (Å²) in [4.78, 5) is 0. The van der Waals surface area contributed by atoms with Gasteiger partial charge in [0, 0.05) is 28.4 Å². The van der Waals surface area contributed by atoms with Crippen LogP contribution in [0.5, 0.6) is 0 Å². The zero-order valence-electron chi connectivity index (χ0n) is 14.2.